The van der Waals surface area contributed by atoms with Crippen LogP contribution in [-0.2, 0) is 0 Å². The van der Waals surface area contributed by atoms with Crippen LogP contribution in [0.5, 0.6) is 0 Å². The normalized spacial score (nSPS) is 14.8. The van der Waals surface area contributed by atoms with E-state index in [1.165, 1.54) is 24.2 Å². The monoisotopic (exact) mass is 277 g/mol. The van der Waals surface area contributed by atoms with E-state index in [0.717, 1.165) is 18.7 Å². The second kappa shape index (κ2) is 6.70. The Kier molecular flexibility index (Phi) is 4.95. The van der Waals surface area contributed by atoms with Crippen LogP contribution in [0.15, 0.2) is 18.3 Å². The molecule has 1 aliphatic rings. The van der Waals surface area contributed by atoms with Gasteiger partial charge in [-0.05, 0) is 37.8 Å². The molecule has 1 aromatic rings. The fourth-order valence-electron chi connectivity index (χ4n) is 2.41. The number of pyridine rings is 1. The van der Waals surface area contributed by atoms with E-state index in [2.05, 4.69) is 9.88 Å². The molecule has 1 fully saturated rings. The minimum absolute atomic E-state index is 0.0810. The van der Waals surface area contributed by atoms with Crippen molar-refractivity contribution in [2.24, 2.45) is 0 Å². The fraction of sp³-hybridized carbons (Fsp3) is 0.600. The Morgan fingerprint density at radius 2 is 2.20 bits per heavy atom. The molecule has 0 saturated heterocycles. The molecule has 1 amide bonds. The Morgan fingerprint density at radius 1 is 1.45 bits per heavy atom. The van der Waals surface area contributed by atoms with Gasteiger partial charge in [0.25, 0.3) is 5.91 Å². The molecule has 1 heterocycles. The molecule has 0 bridgehead atoms. The van der Waals surface area contributed by atoms with Gasteiger partial charge in [0.2, 0.25) is 0 Å². The first-order valence-electron chi connectivity index (χ1n) is 7.18. The van der Waals surface area contributed by atoms with Gasteiger partial charge in [-0.2, -0.15) is 0 Å². The van der Waals surface area contributed by atoms with Crippen molar-refractivity contribution in [2.45, 2.75) is 31.7 Å². The highest BCUT2D eigenvalue weighted by Gasteiger charge is 2.25. The number of nitrogens with zero attached hydrogens (tertiary/aromatic N) is 3. The summed E-state index contributed by atoms with van der Waals surface area (Å²) in [5.74, 6) is -0.0810. The maximum atomic E-state index is 12.0. The lowest BCUT2D eigenvalue weighted by Gasteiger charge is -2.39. The Balaban J connectivity index is 2.19. The number of anilines is 1. The molecule has 1 N–H and O–H groups in total. The van der Waals surface area contributed by atoms with Gasteiger partial charge in [0.05, 0.1) is 0 Å². The van der Waals surface area contributed by atoms with Gasteiger partial charge in [0, 0.05) is 45.2 Å². The van der Waals surface area contributed by atoms with Crippen molar-refractivity contribution in [3.63, 3.8) is 0 Å². The molecule has 0 aliphatic heterocycles. The third-order valence-electron chi connectivity index (χ3n) is 3.77. The van der Waals surface area contributed by atoms with Crippen molar-refractivity contribution in [3.8, 4) is 0 Å². The van der Waals surface area contributed by atoms with Gasteiger partial charge in [-0.3, -0.25) is 9.78 Å². The standard InChI is InChI=1S/C15H23N3O2/c1-17(2)15(20)14-11-13(7-8-16-14)18(9-4-10-19)12-5-3-6-12/h7-8,11-12,19H,3-6,9-10H2,1-2H3. The number of aliphatic hydroxyl groups excluding tert-OH is 1. The minimum atomic E-state index is -0.0810. The first kappa shape index (κ1) is 14.8. The van der Waals surface area contributed by atoms with Crippen LogP contribution in [0.3, 0.4) is 0 Å². The van der Waals surface area contributed by atoms with Crippen molar-refractivity contribution in [3.05, 3.63) is 24.0 Å². The van der Waals surface area contributed by atoms with E-state index in [1.807, 2.05) is 12.1 Å². The third kappa shape index (κ3) is 3.28. The van der Waals surface area contributed by atoms with Gasteiger partial charge < -0.3 is 14.9 Å². The van der Waals surface area contributed by atoms with Crippen LogP contribution in [0.1, 0.15) is 36.2 Å². The summed E-state index contributed by atoms with van der Waals surface area (Å²) >= 11 is 0. The van der Waals surface area contributed by atoms with Crippen molar-refractivity contribution in [1.29, 1.82) is 0 Å². The van der Waals surface area contributed by atoms with E-state index in [-0.39, 0.29) is 12.5 Å². The predicted octanol–water partition coefficient (Wildman–Crippen LogP) is 1.52. The van der Waals surface area contributed by atoms with Crippen molar-refractivity contribution in [2.75, 3.05) is 32.1 Å². The Hall–Kier alpha value is -1.62. The summed E-state index contributed by atoms with van der Waals surface area (Å²) in [4.78, 5) is 20.0. The van der Waals surface area contributed by atoms with E-state index < -0.39 is 0 Å². The summed E-state index contributed by atoms with van der Waals surface area (Å²) in [6.07, 6.45) is 6.07. The highest BCUT2D eigenvalue weighted by atomic mass is 16.3. The maximum absolute atomic E-state index is 12.0. The van der Waals surface area contributed by atoms with E-state index >= 15 is 0 Å². The maximum Gasteiger partial charge on any atom is 0.272 e. The number of aromatic nitrogens is 1. The predicted molar refractivity (Wildman–Crippen MR) is 78.9 cm³/mol. The summed E-state index contributed by atoms with van der Waals surface area (Å²) in [6, 6.07) is 4.34. The highest BCUT2D eigenvalue weighted by molar-refractivity contribution is 5.92. The lowest BCUT2D eigenvalue weighted by Crippen LogP contribution is -2.41. The van der Waals surface area contributed by atoms with Gasteiger partial charge in [-0.25, -0.2) is 0 Å². The first-order valence-corrected chi connectivity index (χ1v) is 7.18. The average molecular weight is 277 g/mol. The molecule has 5 nitrogen and oxygen atoms in total. The van der Waals surface area contributed by atoms with E-state index in [4.69, 9.17) is 5.11 Å². The van der Waals surface area contributed by atoms with Crippen LogP contribution in [-0.4, -0.2) is 54.2 Å². The molecule has 110 valence electrons. The van der Waals surface area contributed by atoms with Crippen LogP contribution in [0.4, 0.5) is 5.69 Å². The zero-order valence-corrected chi connectivity index (χ0v) is 12.2. The van der Waals surface area contributed by atoms with Crippen LogP contribution in [0, 0.1) is 0 Å². The van der Waals surface area contributed by atoms with Crippen LogP contribution >= 0.6 is 0 Å². The lowest BCUT2D eigenvalue weighted by molar-refractivity contribution is 0.0822. The second-order valence-electron chi connectivity index (χ2n) is 5.45. The quantitative estimate of drug-likeness (QED) is 0.856. The molecular formula is C15H23N3O2. The highest BCUT2D eigenvalue weighted by Crippen LogP contribution is 2.29. The molecule has 2 rings (SSSR count). The smallest absolute Gasteiger partial charge is 0.272 e. The summed E-state index contributed by atoms with van der Waals surface area (Å²) in [6.45, 7) is 1.01. The molecule has 20 heavy (non-hydrogen) atoms. The lowest BCUT2D eigenvalue weighted by atomic mass is 9.91. The van der Waals surface area contributed by atoms with Gasteiger partial charge in [-0.1, -0.05) is 0 Å². The number of hydrogen-bond acceptors (Lipinski definition) is 4. The van der Waals surface area contributed by atoms with Gasteiger partial charge in [0.1, 0.15) is 5.69 Å². The Morgan fingerprint density at radius 3 is 2.75 bits per heavy atom. The Bertz CT molecular complexity index is 458. The molecule has 0 unspecified atom stereocenters. The second-order valence-corrected chi connectivity index (χ2v) is 5.45. The SMILES string of the molecule is CN(C)C(=O)c1cc(N(CCCO)C2CCC2)ccn1. The van der Waals surface area contributed by atoms with E-state index in [0.29, 0.717) is 11.7 Å². The molecule has 0 aromatic carbocycles. The number of carbonyl (C=O) groups excluding carboxylic acids is 1. The summed E-state index contributed by atoms with van der Waals surface area (Å²) < 4.78 is 0. The topological polar surface area (TPSA) is 56.7 Å². The fourth-order valence-corrected chi connectivity index (χ4v) is 2.41. The van der Waals surface area contributed by atoms with Gasteiger partial charge in [-0.15, -0.1) is 0 Å². The largest absolute Gasteiger partial charge is 0.396 e. The molecule has 1 aromatic heterocycles. The number of amides is 1. The van der Waals surface area contributed by atoms with Crippen LogP contribution in [0.2, 0.25) is 0 Å². The van der Waals surface area contributed by atoms with E-state index in [1.54, 1.807) is 20.3 Å². The molecule has 0 atom stereocenters. The van der Waals surface area contributed by atoms with Crippen LogP contribution < -0.4 is 4.90 Å². The molecule has 1 aliphatic carbocycles. The molecule has 1 saturated carbocycles. The van der Waals surface area contributed by atoms with Crippen molar-refractivity contribution < 1.29 is 9.90 Å². The zero-order chi connectivity index (χ0) is 14.5. The Labute approximate surface area is 120 Å². The number of hydrogen-bond donors (Lipinski definition) is 1. The number of aliphatic hydroxyl groups is 1. The minimum Gasteiger partial charge on any atom is -0.396 e. The summed E-state index contributed by atoms with van der Waals surface area (Å²) in [5.41, 5.74) is 1.50. The summed E-state index contributed by atoms with van der Waals surface area (Å²) in [7, 11) is 3.46. The molecule has 0 spiro atoms. The zero-order valence-electron chi connectivity index (χ0n) is 12.2. The van der Waals surface area contributed by atoms with Gasteiger partial charge in [0.15, 0.2) is 0 Å². The molecular weight excluding hydrogens is 254 g/mol. The first-order chi connectivity index (χ1) is 9.63. The average Bonchev–Trinajstić information content (AvgIpc) is 2.40. The third-order valence-corrected chi connectivity index (χ3v) is 3.77. The van der Waals surface area contributed by atoms with E-state index in [9.17, 15) is 4.79 Å². The number of rotatable bonds is 6. The van der Waals surface area contributed by atoms with Crippen molar-refractivity contribution in [1.82, 2.24) is 9.88 Å². The van der Waals surface area contributed by atoms with Crippen molar-refractivity contribution >= 4 is 11.6 Å². The summed E-state index contributed by atoms with van der Waals surface area (Å²) in [5, 5.41) is 9.05. The molecule has 5 heteroatoms. The van der Waals surface area contributed by atoms with Gasteiger partial charge >= 0.3 is 0 Å². The molecule has 0 radical (unpaired) electrons. The van der Waals surface area contributed by atoms with Crippen LogP contribution in [0.25, 0.3) is 0 Å². The number of carbonyl (C=O) groups is 1.